The fraction of sp³-hybridized carbons (Fsp3) is 0.462. The molecule has 1 aliphatic rings. The van der Waals surface area contributed by atoms with Crippen molar-refractivity contribution in [1.29, 1.82) is 0 Å². The number of anilines is 1. The number of halogens is 4. The third kappa shape index (κ3) is 4.35. The molecule has 1 aromatic carbocycles. The monoisotopic (exact) mass is 410 g/mol. The van der Waals surface area contributed by atoms with Crippen LogP contribution in [0.15, 0.2) is 16.6 Å². The molecule has 0 radical (unpaired) electrons. The largest absolute Gasteiger partial charge is 0.401 e. The van der Waals surface area contributed by atoms with Crippen LogP contribution in [0.2, 0.25) is 0 Å². The van der Waals surface area contributed by atoms with Crippen molar-refractivity contribution in [2.45, 2.75) is 6.18 Å². The van der Waals surface area contributed by atoms with E-state index in [4.69, 9.17) is 5.73 Å². The molecule has 0 atom stereocenters. The van der Waals surface area contributed by atoms with Crippen LogP contribution in [0, 0.1) is 10.1 Å². The number of amides is 1. The minimum absolute atomic E-state index is 0.0413. The third-order valence-electron chi connectivity index (χ3n) is 3.61. The van der Waals surface area contributed by atoms with Crippen molar-refractivity contribution < 1.29 is 22.9 Å². The second-order valence-corrected chi connectivity index (χ2v) is 6.24. The van der Waals surface area contributed by atoms with Crippen molar-refractivity contribution in [2.24, 2.45) is 5.73 Å². The van der Waals surface area contributed by atoms with Gasteiger partial charge in [0.25, 0.3) is 11.6 Å². The van der Waals surface area contributed by atoms with Gasteiger partial charge in [0.05, 0.1) is 17.0 Å². The first-order valence-corrected chi connectivity index (χ1v) is 7.69. The molecular weight excluding hydrogens is 397 g/mol. The van der Waals surface area contributed by atoms with Crippen LogP contribution in [0.5, 0.6) is 0 Å². The molecule has 1 amide bonds. The van der Waals surface area contributed by atoms with Crippen molar-refractivity contribution in [1.82, 2.24) is 4.90 Å². The summed E-state index contributed by atoms with van der Waals surface area (Å²) in [7, 11) is 0. The van der Waals surface area contributed by atoms with Gasteiger partial charge in [-0.2, -0.15) is 13.2 Å². The predicted octanol–water partition coefficient (Wildman–Crippen LogP) is 2.14. The average molecular weight is 411 g/mol. The summed E-state index contributed by atoms with van der Waals surface area (Å²) in [6.45, 7) is -0.639. The van der Waals surface area contributed by atoms with Gasteiger partial charge in [-0.15, -0.1) is 0 Å². The Kier molecular flexibility index (Phi) is 5.33. The van der Waals surface area contributed by atoms with Crippen molar-refractivity contribution >= 4 is 33.2 Å². The van der Waals surface area contributed by atoms with E-state index >= 15 is 0 Å². The van der Waals surface area contributed by atoms with E-state index in [2.05, 4.69) is 15.9 Å². The van der Waals surface area contributed by atoms with E-state index < -0.39 is 23.6 Å². The number of nitro groups is 1. The highest BCUT2D eigenvalue weighted by atomic mass is 79.9. The van der Waals surface area contributed by atoms with Gasteiger partial charge in [0.2, 0.25) is 0 Å². The number of nitrogens with two attached hydrogens (primary N) is 1. The number of rotatable bonds is 4. The molecule has 0 unspecified atom stereocenters. The first-order chi connectivity index (χ1) is 11.1. The average Bonchev–Trinajstić information content (AvgIpc) is 2.45. The van der Waals surface area contributed by atoms with Gasteiger partial charge in [-0.1, -0.05) is 15.9 Å². The summed E-state index contributed by atoms with van der Waals surface area (Å²) in [5.74, 6) is -0.841. The van der Waals surface area contributed by atoms with E-state index in [0.29, 0.717) is 4.47 Å². The van der Waals surface area contributed by atoms with Gasteiger partial charge < -0.3 is 10.6 Å². The first-order valence-electron chi connectivity index (χ1n) is 6.90. The number of nitrogens with zero attached hydrogens (tertiary/aromatic N) is 3. The molecule has 0 aliphatic carbocycles. The first kappa shape index (κ1) is 18.5. The Labute approximate surface area is 143 Å². The number of primary amides is 1. The maximum absolute atomic E-state index is 12.4. The Morgan fingerprint density at radius 3 is 2.33 bits per heavy atom. The van der Waals surface area contributed by atoms with Crippen molar-refractivity contribution in [3.63, 3.8) is 0 Å². The van der Waals surface area contributed by atoms with Crippen LogP contribution in [0.25, 0.3) is 0 Å². The van der Waals surface area contributed by atoms with Crippen LogP contribution < -0.4 is 10.6 Å². The maximum atomic E-state index is 12.4. The Hall–Kier alpha value is -1.88. The Bertz CT molecular complexity index is 625. The molecule has 1 saturated heterocycles. The number of carbonyl (C=O) groups is 1. The molecular formula is C13H14BrF3N4O3. The highest BCUT2D eigenvalue weighted by Gasteiger charge is 2.34. The van der Waals surface area contributed by atoms with Gasteiger partial charge in [0.1, 0.15) is 5.69 Å². The van der Waals surface area contributed by atoms with E-state index in [9.17, 15) is 28.1 Å². The van der Waals surface area contributed by atoms with Gasteiger partial charge >= 0.3 is 6.18 Å². The molecule has 2 N–H and O–H groups in total. The summed E-state index contributed by atoms with van der Waals surface area (Å²) in [5.41, 5.74) is 4.99. The molecule has 2 rings (SSSR count). The second-order valence-electron chi connectivity index (χ2n) is 5.32. The molecule has 132 valence electrons. The van der Waals surface area contributed by atoms with Gasteiger partial charge in [-0.05, 0) is 6.07 Å². The lowest BCUT2D eigenvalue weighted by Crippen LogP contribution is -2.49. The Morgan fingerprint density at radius 2 is 1.88 bits per heavy atom. The van der Waals surface area contributed by atoms with Gasteiger partial charge in [-0.3, -0.25) is 19.8 Å². The minimum Gasteiger partial charge on any atom is -0.366 e. The van der Waals surface area contributed by atoms with E-state index in [1.165, 1.54) is 21.9 Å². The van der Waals surface area contributed by atoms with Crippen LogP contribution in [0.4, 0.5) is 24.5 Å². The zero-order valence-corrected chi connectivity index (χ0v) is 13.9. The molecule has 0 saturated carbocycles. The van der Waals surface area contributed by atoms with Crippen molar-refractivity contribution in [3.8, 4) is 0 Å². The Balaban J connectivity index is 2.29. The number of alkyl halides is 3. The number of piperazine rings is 1. The molecule has 7 nitrogen and oxygen atoms in total. The molecule has 0 aromatic heterocycles. The number of benzene rings is 1. The van der Waals surface area contributed by atoms with Crippen LogP contribution in [-0.2, 0) is 0 Å². The summed E-state index contributed by atoms with van der Waals surface area (Å²) >= 11 is 3.09. The fourth-order valence-corrected chi connectivity index (χ4v) is 3.07. The van der Waals surface area contributed by atoms with Gasteiger partial charge in [0, 0.05) is 36.7 Å². The number of nitro benzene ring substituents is 1. The molecule has 1 aromatic rings. The third-order valence-corrected chi connectivity index (χ3v) is 4.07. The summed E-state index contributed by atoms with van der Waals surface area (Å²) in [6.07, 6.45) is -4.30. The van der Waals surface area contributed by atoms with Crippen molar-refractivity contribution in [2.75, 3.05) is 37.6 Å². The van der Waals surface area contributed by atoms with Crippen LogP contribution in [0.3, 0.4) is 0 Å². The lowest BCUT2D eigenvalue weighted by molar-refractivity contribution is -0.384. The number of hydrogen-bond acceptors (Lipinski definition) is 5. The molecule has 0 spiro atoms. The van der Waals surface area contributed by atoms with Crippen LogP contribution in [0.1, 0.15) is 10.4 Å². The molecule has 0 bridgehead atoms. The quantitative estimate of drug-likeness (QED) is 0.606. The summed E-state index contributed by atoms with van der Waals surface area (Å²) in [6, 6.07) is 2.61. The lowest BCUT2D eigenvalue weighted by Gasteiger charge is -2.36. The predicted molar refractivity (Wildman–Crippen MR) is 84.0 cm³/mol. The smallest absolute Gasteiger partial charge is 0.366 e. The highest BCUT2D eigenvalue weighted by molar-refractivity contribution is 9.10. The van der Waals surface area contributed by atoms with E-state index in [-0.39, 0.29) is 43.1 Å². The van der Waals surface area contributed by atoms with Crippen LogP contribution >= 0.6 is 15.9 Å². The zero-order valence-electron chi connectivity index (χ0n) is 12.3. The number of hydrogen-bond donors (Lipinski definition) is 1. The standard InChI is InChI=1S/C13H14BrF3N4O3/c14-8-5-9(12(18)22)11(10(6-8)21(23)24)20-3-1-19(2-4-20)7-13(15,16)17/h5-6H,1-4,7H2,(H2,18,22). The van der Waals surface area contributed by atoms with Gasteiger partial charge in [0.15, 0.2) is 0 Å². The number of carbonyl (C=O) groups excluding carboxylic acids is 1. The summed E-state index contributed by atoms with van der Waals surface area (Å²) in [5, 5.41) is 11.3. The van der Waals surface area contributed by atoms with E-state index in [1.54, 1.807) is 0 Å². The fourth-order valence-electron chi connectivity index (χ4n) is 2.63. The molecule has 1 aliphatic heterocycles. The zero-order chi connectivity index (χ0) is 18.1. The minimum atomic E-state index is -4.30. The SMILES string of the molecule is NC(=O)c1cc(Br)cc([N+](=O)[O-])c1N1CCN(CC(F)(F)F)CC1. The molecule has 1 heterocycles. The topological polar surface area (TPSA) is 92.7 Å². The van der Waals surface area contributed by atoms with E-state index in [0.717, 1.165) is 0 Å². The molecule has 1 fully saturated rings. The lowest BCUT2D eigenvalue weighted by atomic mass is 10.1. The second kappa shape index (κ2) is 6.93. The van der Waals surface area contributed by atoms with Gasteiger partial charge in [-0.25, -0.2) is 0 Å². The normalized spacial score (nSPS) is 16.2. The highest BCUT2D eigenvalue weighted by Crippen LogP contribution is 2.36. The summed E-state index contributed by atoms with van der Waals surface area (Å²) in [4.78, 5) is 25.0. The molecule has 11 heteroatoms. The van der Waals surface area contributed by atoms with Crippen LogP contribution in [-0.4, -0.2) is 54.6 Å². The van der Waals surface area contributed by atoms with E-state index in [1.807, 2.05) is 0 Å². The summed E-state index contributed by atoms with van der Waals surface area (Å²) < 4.78 is 37.6. The molecule has 24 heavy (non-hydrogen) atoms. The Morgan fingerprint density at radius 1 is 1.29 bits per heavy atom. The van der Waals surface area contributed by atoms with Crippen molar-refractivity contribution in [3.05, 3.63) is 32.3 Å². The maximum Gasteiger partial charge on any atom is 0.401 e.